The first kappa shape index (κ1) is 105. The van der Waals surface area contributed by atoms with Crippen molar-refractivity contribution in [1.29, 1.82) is 0 Å². The summed E-state index contributed by atoms with van der Waals surface area (Å²) in [6, 6.07) is 0. The minimum Gasteiger partial charge on any atom is -0.462 e. The maximum atomic E-state index is 13.2. The standard InChI is InChI=1S/C88H172O17P2/c1-6-10-13-16-19-22-25-27-28-29-30-31-32-33-37-40-43-48-52-57-62-67-72-86(91)99-78-84(105-88(93)74-69-64-59-54-49-44-41-38-35-34-36-39-42-46-50-55-60-65-70-81(5)9-4)80-103-107(96,97)101-76-82(89)75-100-106(94,95)102-79-83(77-98-85(90)71-66-61-56-51-45-24-21-18-15-12-8-3)104-87(92)73-68-63-58-53-47-26-23-20-17-14-11-7-2/h81-84,89H,6-80H2,1-5H3,(H,94,95)(H,96,97)/t81?,82-,83+,84+/m0/s1. The predicted molar refractivity (Wildman–Crippen MR) is 442 cm³/mol. The molecule has 636 valence electrons. The summed E-state index contributed by atoms with van der Waals surface area (Å²) in [5.41, 5.74) is 0. The second kappa shape index (κ2) is 80.7. The molecule has 3 unspecified atom stereocenters. The molecule has 0 aliphatic rings. The number of carbonyl (C=O) groups excluding carboxylic acids is 4. The molecule has 0 bridgehead atoms. The van der Waals surface area contributed by atoms with Gasteiger partial charge in [-0.1, -0.05) is 426 Å². The quantitative estimate of drug-likeness (QED) is 0.0222. The van der Waals surface area contributed by atoms with Crippen molar-refractivity contribution in [2.45, 2.75) is 496 Å². The lowest BCUT2D eigenvalue weighted by atomic mass is 9.99. The third kappa shape index (κ3) is 80.5. The molecule has 0 saturated carbocycles. The van der Waals surface area contributed by atoms with E-state index in [0.29, 0.717) is 25.7 Å². The Bertz CT molecular complexity index is 2030. The zero-order chi connectivity index (χ0) is 78.3. The fourth-order valence-electron chi connectivity index (χ4n) is 13.8. The van der Waals surface area contributed by atoms with Gasteiger partial charge in [0.15, 0.2) is 12.2 Å². The summed E-state index contributed by atoms with van der Waals surface area (Å²) in [6.07, 6.45) is 75.0. The Kier molecular flexibility index (Phi) is 79.2. The van der Waals surface area contributed by atoms with Crippen molar-refractivity contribution in [2.24, 2.45) is 5.92 Å². The average Bonchev–Trinajstić information content (AvgIpc) is 0.902. The lowest BCUT2D eigenvalue weighted by molar-refractivity contribution is -0.161. The largest absolute Gasteiger partial charge is 0.472 e. The summed E-state index contributed by atoms with van der Waals surface area (Å²) in [5, 5.41) is 10.7. The highest BCUT2D eigenvalue weighted by atomic mass is 31.2. The minimum absolute atomic E-state index is 0.108. The van der Waals surface area contributed by atoms with E-state index in [1.165, 1.54) is 302 Å². The molecule has 6 atom stereocenters. The summed E-state index contributed by atoms with van der Waals surface area (Å²) in [4.78, 5) is 73.2. The second-order valence-corrected chi connectivity index (χ2v) is 34.8. The number of rotatable bonds is 88. The van der Waals surface area contributed by atoms with E-state index in [0.717, 1.165) is 95.8 Å². The Morgan fingerprint density at radius 3 is 0.664 bits per heavy atom. The highest BCUT2D eigenvalue weighted by Gasteiger charge is 2.30. The van der Waals surface area contributed by atoms with Crippen molar-refractivity contribution in [2.75, 3.05) is 39.6 Å². The highest BCUT2D eigenvalue weighted by molar-refractivity contribution is 7.47. The molecule has 0 aliphatic heterocycles. The number of aliphatic hydroxyl groups is 1. The number of phosphoric ester groups is 2. The molecule has 0 saturated heterocycles. The van der Waals surface area contributed by atoms with Crippen LogP contribution in [0.3, 0.4) is 0 Å². The number of aliphatic hydroxyl groups excluding tert-OH is 1. The zero-order valence-electron chi connectivity index (χ0n) is 70.3. The molecule has 0 rings (SSSR count). The molecular weight excluding hydrogens is 1390 g/mol. The fraction of sp³-hybridized carbons (Fsp3) is 0.955. The molecule has 0 aliphatic carbocycles. The number of hydrogen-bond acceptors (Lipinski definition) is 15. The van der Waals surface area contributed by atoms with Crippen LogP contribution in [0.5, 0.6) is 0 Å². The summed E-state index contributed by atoms with van der Waals surface area (Å²) in [5.74, 6) is -1.23. The van der Waals surface area contributed by atoms with Crippen LogP contribution in [0.15, 0.2) is 0 Å². The van der Waals surface area contributed by atoms with Gasteiger partial charge >= 0.3 is 39.5 Å². The number of unbranched alkanes of at least 4 members (excludes halogenated alkanes) is 59. The van der Waals surface area contributed by atoms with E-state index in [1.54, 1.807) is 0 Å². The van der Waals surface area contributed by atoms with Gasteiger partial charge in [-0.15, -0.1) is 0 Å². The maximum absolute atomic E-state index is 13.2. The summed E-state index contributed by atoms with van der Waals surface area (Å²) >= 11 is 0. The smallest absolute Gasteiger partial charge is 0.462 e. The van der Waals surface area contributed by atoms with Gasteiger partial charge < -0.3 is 33.8 Å². The first-order valence-electron chi connectivity index (χ1n) is 45.7. The molecule has 3 N–H and O–H groups in total. The monoisotopic (exact) mass is 1560 g/mol. The van der Waals surface area contributed by atoms with Crippen molar-refractivity contribution < 1.29 is 80.2 Å². The van der Waals surface area contributed by atoms with Crippen LogP contribution < -0.4 is 0 Å². The minimum atomic E-state index is -4.97. The van der Waals surface area contributed by atoms with Gasteiger partial charge in [0.2, 0.25) is 0 Å². The Morgan fingerprint density at radius 1 is 0.262 bits per heavy atom. The van der Waals surface area contributed by atoms with Gasteiger partial charge in [-0.3, -0.25) is 37.3 Å². The van der Waals surface area contributed by atoms with Gasteiger partial charge in [-0.2, -0.15) is 0 Å². The Morgan fingerprint density at radius 2 is 0.449 bits per heavy atom. The number of phosphoric acid groups is 2. The molecule has 0 heterocycles. The van der Waals surface area contributed by atoms with Crippen LogP contribution in [0.4, 0.5) is 0 Å². The number of ether oxygens (including phenoxy) is 4. The van der Waals surface area contributed by atoms with Crippen LogP contribution in [0.25, 0.3) is 0 Å². The van der Waals surface area contributed by atoms with Crippen molar-refractivity contribution in [3.63, 3.8) is 0 Å². The third-order valence-electron chi connectivity index (χ3n) is 21.1. The molecule has 107 heavy (non-hydrogen) atoms. The van der Waals surface area contributed by atoms with Crippen molar-refractivity contribution in [3.05, 3.63) is 0 Å². The van der Waals surface area contributed by atoms with Crippen LogP contribution in [0.2, 0.25) is 0 Å². The predicted octanol–water partition coefficient (Wildman–Crippen LogP) is 27.2. The van der Waals surface area contributed by atoms with Crippen molar-refractivity contribution >= 4 is 39.5 Å². The Balaban J connectivity index is 5.19. The summed E-state index contributed by atoms with van der Waals surface area (Å²) in [6.45, 7) is 7.43. The van der Waals surface area contributed by atoms with Gasteiger partial charge in [0.1, 0.15) is 19.3 Å². The van der Waals surface area contributed by atoms with E-state index < -0.39 is 97.5 Å². The average molecular weight is 1560 g/mol. The second-order valence-electron chi connectivity index (χ2n) is 31.9. The van der Waals surface area contributed by atoms with E-state index in [9.17, 15) is 43.2 Å². The van der Waals surface area contributed by atoms with E-state index in [4.69, 9.17) is 37.0 Å². The Hall–Kier alpha value is -1.94. The van der Waals surface area contributed by atoms with E-state index >= 15 is 0 Å². The molecule has 0 aromatic heterocycles. The van der Waals surface area contributed by atoms with Crippen LogP contribution in [0, 0.1) is 5.92 Å². The third-order valence-corrected chi connectivity index (χ3v) is 23.0. The van der Waals surface area contributed by atoms with Crippen molar-refractivity contribution in [3.8, 4) is 0 Å². The van der Waals surface area contributed by atoms with Crippen LogP contribution >= 0.6 is 15.6 Å². The molecular formula is C88H172O17P2. The van der Waals surface area contributed by atoms with Gasteiger partial charge in [-0.05, 0) is 31.6 Å². The summed E-state index contributed by atoms with van der Waals surface area (Å²) < 4.78 is 68.9. The molecule has 0 amide bonds. The number of carbonyl (C=O) groups is 4. The topological polar surface area (TPSA) is 237 Å². The molecule has 0 aromatic rings. The van der Waals surface area contributed by atoms with Gasteiger partial charge in [0.25, 0.3) is 0 Å². The van der Waals surface area contributed by atoms with Crippen LogP contribution in [-0.4, -0.2) is 96.7 Å². The molecule has 0 aromatic carbocycles. The van der Waals surface area contributed by atoms with Crippen LogP contribution in [-0.2, 0) is 65.4 Å². The zero-order valence-corrected chi connectivity index (χ0v) is 72.1. The first-order valence-corrected chi connectivity index (χ1v) is 48.7. The lowest BCUT2D eigenvalue weighted by Gasteiger charge is -2.21. The maximum Gasteiger partial charge on any atom is 0.472 e. The first-order chi connectivity index (χ1) is 52.1. The van der Waals surface area contributed by atoms with Gasteiger partial charge in [0.05, 0.1) is 26.4 Å². The number of esters is 4. The number of hydrogen-bond donors (Lipinski definition) is 3. The van der Waals surface area contributed by atoms with Crippen LogP contribution in [0.1, 0.15) is 478 Å². The van der Waals surface area contributed by atoms with Gasteiger partial charge in [-0.25, -0.2) is 9.13 Å². The Labute approximate surface area is 658 Å². The fourth-order valence-corrected chi connectivity index (χ4v) is 15.4. The molecule has 17 nitrogen and oxygen atoms in total. The van der Waals surface area contributed by atoms with E-state index in [2.05, 4.69) is 34.6 Å². The summed E-state index contributed by atoms with van der Waals surface area (Å²) in [7, 11) is -9.93. The van der Waals surface area contributed by atoms with Gasteiger partial charge in [0, 0.05) is 25.7 Å². The lowest BCUT2D eigenvalue weighted by Crippen LogP contribution is -2.30. The van der Waals surface area contributed by atoms with E-state index in [1.807, 2.05) is 0 Å². The molecule has 0 spiro atoms. The van der Waals surface area contributed by atoms with E-state index in [-0.39, 0.29) is 25.7 Å². The SMILES string of the molecule is CCCCCCCCCCCCCCCCCCCCCCCCC(=O)OC[C@H](COP(=O)(O)OC[C@@H](O)COP(=O)(O)OC[C@@H](COC(=O)CCCCCCCCCCCCC)OC(=O)CCCCCCCCCCCCCC)OC(=O)CCCCCCCCCCCCCCCCCCCCC(C)CC. The van der Waals surface area contributed by atoms with Crippen molar-refractivity contribution in [1.82, 2.24) is 0 Å². The molecule has 19 heteroatoms. The normalized spacial score (nSPS) is 14.0. The highest BCUT2D eigenvalue weighted by Crippen LogP contribution is 2.45. The molecule has 0 fully saturated rings. The molecule has 0 radical (unpaired) electrons.